The average Bonchev–Trinajstić information content (AvgIpc) is 3.53. The molecule has 0 amide bonds. The molecule has 0 fully saturated rings. The number of para-hydroxylation sites is 4. The summed E-state index contributed by atoms with van der Waals surface area (Å²) in [6.07, 6.45) is 1.88. The molecule has 0 N–H and O–H groups in total. The molecule has 0 radical (unpaired) electrons. The molecule has 1 aliphatic heterocycles. The molecule has 0 saturated carbocycles. The summed E-state index contributed by atoms with van der Waals surface area (Å²) in [5.74, 6) is 0. The van der Waals surface area contributed by atoms with Gasteiger partial charge in [-0.25, -0.2) is 0 Å². The van der Waals surface area contributed by atoms with Gasteiger partial charge in [-0.15, -0.1) is 0 Å². The molecule has 7 aromatic carbocycles. The second-order valence-corrected chi connectivity index (χ2v) is 14.7. The van der Waals surface area contributed by atoms with Crippen molar-refractivity contribution >= 4 is 32.7 Å². The Kier molecular flexibility index (Phi) is 5.69. The Morgan fingerprint density at radius 2 is 1.12 bits per heavy atom. The Labute approximate surface area is 297 Å². The largest absolute Gasteiger partial charge is 0.309 e. The summed E-state index contributed by atoms with van der Waals surface area (Å²) in [7, 11) is 0. The molecule has 0 saturated heterocycles. The van der Waals surface area contributed by atoms with Crippen molar-refractivity contribution in [2.24, 2.45) is 0 Å². The van der Waals surface area contributed by atoms with Crippen molar-refractivity contribution in [2.45, 2.75) is 24.7 Å². The fourth-order valence-corrected chi connectivity index (χ4v) is 9.69. The summed E-state index contributed by atoms with van der Waals surface area (Å²) in [6.45, 7) is 4.80. The number of hydrogen-bond acceptors (Lipinski definition) is 1. The first kappa shape index (κ1) is 28.6. The molecule has 240 valence electrons. The SMILES string of the molecule is CC1(C)c2ccccc2C2(c3ccccc3-n3c4ccccc4c4cccc2c43)c2cc(-c3ccc(-c4cccc5cccnc45)cc3)ccc21. The standard InChI is InChI=1S/C49H34N2/c1-48(2)38-17-4-5-18-40(38)49(41-19-6-8-22-45(41)51-44-21-7-3-14-36(44)37-16-10-20-42(49)47(37)51)43-30-34(27-28-39(43)48)31-23-25-32(26-24-31)35-15-9-12-33-13-11-29-50-46(33)35/h3-30H,1-2H3. The van der Waals surface area contributed by atoms with Gasteiger partial charge in [0.25, 0.3) is 0 Å². The minimum Gasteiger partial charge on any atom is -0.309 e. The maximum Gasteiger partial charge on any atom is 0.0780 e. The third-order valence-electron chi connectivity index (χ3n) is 11.9. The first-order valence-corrected chi connectivity index (χ1v) is 17.9. The highest BCUT2D eigenvalue weighted by atomic mass is 15.0. The zero-order valence-electron chi connectivity index (χ0n) is 28.6. The number of hydrogen-bond donors (Lipinski definition) is 0. The number of nitrogens with zero attached hydrogens (tertiary/aromatic N) is 2. The molecule has 51 heavy (non-hydrogen) atoms. The van der Waals surface area contributed by atoms with Crippen molar-refractivity contribution < 1.29 is 0 Å². The number of rotatable bonds is 2. The molecular formula is C49H34N2. The number of aromatic nitrogens is 2. The van der Waals surface area contributed by atoms with Crippen LogP contribution in [0.25, 0.3) is 60.6 Å². The Hall–Kier alpha value is -6.25. The molecule has 1 spiro atoms. The van der Waals surface area contributed by atoms with Crippen LogP contribution in [0.4, 0.5) is 0 Å². The van der Waals surface area contributed by atoms with E-state index in [-0.39, 0.29) is 5.41 Å². The van der Waals surface area contributed by atoms with E-state index in [0.717, 1.165) is 16.5 Å². The predicted molar refractivity (Wildman–Crippen MR) is 211 cm³/mol. The van der Waals surface area contributed by atoms with Crippen molar-refractivity contribution in [2.75, 3.05) is 0 Å². The minimum absolute atomic E-state index is 0.187. The summed E-state index contributed by atoms with van der Waals surface area (Å²) in [5, 5.41) is 3.75. The van der Waals surface area contributed by atoms with Crippen molar-refractivity contribution in [3.63, 3.8) is 0 Å². The van der Waals surface area contributed by atoms with Crippen molar-refractivity contribution in [3.8, 4) is 27.9 Å². The fourth-order valence-electron chi connectivity index (χ4n) is 9.69. The van der Waals surface area contributed by atoms with Crippen LogP contribution in [0.5, 0.6) is 0 Å². The van der Waals surface area contributed by atoms with Crippen LogP contribution < -0.4 is 0 Å². The Morgan fingerprint density at radius 1 is 0.471 bits per heavy atom. The lowest BCUT2D eigenvalue weighted by Crippen LogP contribution is -2.44. The third kappa shape index (κ3) is 3.64. The maximum absolute atomic E-state index is 4.73. The first-order valence-electron chi connectivity index (χ1n) is 17.9. The van der Waals surface area contributed by atoms with Crippen LogP contribution in [0, 0.1) is 0 Å². The van der Waals surface area contributed by atoms with E-state index < -0.39 is 5.41 Å². The highest BCUT2D eigenvalue weighted by Crippen LogP contribution is 2.60. The van der Waals surface area contributed by atoms with Crippen LogP contribution in [0.3, 0.4) is 0 Å². The van der Waals surface area contributed by atoms with Crippen LogP contribution in [-0.2, 0) is 10.8 Å². The van der Waals surface area contributed by atoms with E-state index in [1.54, 1.807) is 0 Å². The lowest BCUT2D eigenvalue weighted by molar-refractivity contribution is 0.556. The quantitative estimate of drug-likeness (QED) is 0.182. The van der Waals surface area contributed by atoms with Gasteiger partial charge in [-0.05, 0) is 74.3 Å². The third-order valence-corrected chi connectivity index (χ3v) is 11.9. The van der Waals surface area contributed by atoms with Gasteiger partial charge < -0.3 is 4.57 Å². The molecule has 9 aromatic rings. The number of benzene rings is 7. The molecule has 3 heterocycles. The van der Waals surface area contributed by atoms with Gasteiger partial charge in [0, 0.05) is 33.3 Å². The topological polar surface area (TPSA) is 17.8 Å². The maximum atomic E-state index is 4.73. The van der Waals surface area contributed by atoms with Gasteiger partial charge in [-0.2, -0.15) is 0 Å². The molecule has 2 aliphatic rings. The van der Waals surface area contributed by atoms with Crippen LogP contribution in [0.2, 0.25) is 0 Å². The van der Waals surface area contributed by atoms with Gasteiger partial charge in [-0.3, -0.25) is 4.98 Å². The molecule has 1 aliphatic carbocycles. The molecule has 1 atom stereocenters. The van der Waals surface area contributed by atoms with Crippen molar-refractivity contribution in [1.82, 2.24) is 9.55 Å². The molecular weight excluding hydrogens is 617 g/mol. The number of fused-ring (bicyclic) bond motifs is 12. The van der Waals surface area contributed by atoms with Crippen molar-refractivity contribution in [3.05, 3.63) is 203 Å². The van der Waals surface area contributed by atoms with E-state index in [9.17, 15) is 0 Å². The van der Waals surface area contributed by atoms with E-state index >= 15 is 0 Å². The van der Waals surface area contributed by atoms with Crippen LogP contribution >= 0.6 is 0 Å². The van der Waals surface area contributed by atoms with Gasteiger partial charge >= 0.3 is 0 Å². The van der Waals surface area contributed by atoms with Gasteiger partial charge in [0.1, 0.15) is 0 Å². The summed E-state index contributed by atoms with van der Waals surface area (Å²) in [4.78, 5) is 4.73. The smallest absolute Gasteiger partial charge is 0.0780 e. The second kappa shape index (κ2) is 10.2. The minimum atomic E-state index is -0.507. The van der Waals surface area contributed by atoms with Gasteiger partial charge in [0.05, 0.1) is 27.7 Å². The lowest BCUT2D eigenvalue weighted by Gasteiger charge is -2.50. The lowest BCUT2D eigenvalue weighted by atomic mass is 9.53. The van der Waals surface area contributed by atoms with Crippen LogP contribution in [-0.4, -0.2) is 9.55 Å². The zero-order valence-corrected chi connectivity index (χ0v) is 28.6. The van der Waals surface area contributed by atoms with E-state index in [1.165, 1.54) is 77.6 Å². The van der Waals surface area contributed by atoms with Gasteiger partial charge in [0.15, 0.2) is 0 Å². The van der Waals surface area contributed by atoms with Crippen LogP contribution in [0.1, 0.15) is 47.2 Å². The fraction of sp³-hybridized carbons (Fsp3) is 0.0816. The molecule has 0 bridgehead atoms. The highest BCUT2D eigenvalue weighted by molar-refractivity contribution is 6.12. The van der Waals surface area contributed by atoms with E-state index in [4.69, 9.17) is 4.98 Å². The van der Waals surface area contributed by atoms with E-state index in [2.05, 4.69) is 176 Å². The van der Waals surface area contributed by atoms with Gasteiger partial charge in [-0.1, -0.05) is 153 Å². The first-order chi connectivity index (χ1) is 25.1. The predicted octanol–water partition coefficient (Wildman–Crippen LogP) is 12.0. The summed E-state index contributed by atoms with van der Waals surface area (Å²) in [6, 6.07) is 61.1. The molecule has 11 rings (SSSR count). The second-order valence-electron chi connectivity index (χ2n) is 14.7. The number of pyridine rings is 1. The summed E-state index contributed by atoms with van der Waals surface area (Å²) >= 11 is 0. The Bertz CT molecular complexity index is 2880. The Morgan fingerprint density at radius 3 is 2.00 bits per heavy atom. The van der Waals surface area contributed by atoms with E-state index in [0.29, 0.717) is 0 Å². The average molecular weight is 651 g/mol. The normalized spacial score (nSPS) is 16.7. The molecule has 1 unspecified atom stereocenters. The highest BCUT2D eigenvalue weighted by Gasteiger charge is 2.52. The molecule has 2 nitrogen and oxygen atoms in total. The Balaban J connectivity index is 1.21. The zero-order chi connectivity index (χ0) is 33.9. The van der Waals surface area contributed by atoms with Gasteiger partial charge in [0.2, 0.25) is 0 Å². The summed E-state index contributed by atoms with van der Waals surface area (Å²) in [5.41, 5.74) is 17.1. The van der Waals surface area contributed by atoms with E-state index in [1.807, 2.05) is 12.3 Å². The van der Waals surface area contributed by atoms with Crippen molar-refractivity contribution in [1.29, 1.82) is 0 Å². The molecule has 2 aromatic heterocycles. The monoisotopic (exact) mass is 650 g/mol. The van der Waals surface area contributed by atoms with Crippen LogP contribution in [0.15, 0.2) is 170 Å². The molecule has 2 heteroatoms. The summed E-state index contributed by atoms with van der Waals surface area (Å²) < 4.78 is 2.52.